The second kappa shape index (κ2) is 6.88. The molecule has 0 atom stereocenters. The first-order valence-electron chi connectivity index (χ1n) is 8.31. The fraction of sp³-hybridized carbons (Fsp3) is 0.316. The van der Waals surface area contributed by atoms with Crippen molar-refractivity contribution in [1.82, 2.24) is 0 Å². The van der Waals surface area contributed by atoms with E-state index in [4.69, 9.17) is 0 Å². The summed E-state index contributed by atoms with van der Waals surface area (Å²) in [6.45, 7) is 4.54. The van der Waals surface area contributed by atoms with Crippen molar-refractivity contribution in [1.29, 1.82) is 0 Å². The summed E-state index contributed by atoms with van der Waals surface area (Å²) in [6.07, 6.45) is 1.38. The van der Waals surface area contributed by atoms with E-state index in [9.17, 15) is 13.2 Å². The number of anilines is 2. The van der Waals surface area contributed by atoms with E-state index < -0.39 is 10.0 Å². The topological polar surface area (TPSA) is 66.5 Å². The Morgan fingerprint density at radius 1 is 1.12 bits per heavy atom. The lowest BCUT2D eigenvalue weighted by atomic mass is 10.1. The number of benzene rings is 2. The highest BCUT2D eigenvalue weighted by Crippen LogP contribution is 2.28. The van der Waals surface area contributed by atoms with Crippen LogP contribution in [0.25, 0.3) is 0 Å². The molecule has 1 saturated heterocycles. The van der Waals surface area contributed by atoms with Crippen LogP contribution in [-0.4, -0.2) is 20.9 Å². The number of hydrogen-bond donors (Lipinski definition) is 1. The third kappa shape index (κ3) is 4.20. The Bertz CT molecular complexity index is 907. The lowest BCUT2D eigenvalue weighted by Gasteiger charge is -2.19. The molecule has 25 heavy (non-hydrogen) atoms. The van der Waals surface area contributed by atoms with E-state index in [0.717, 1.165) is 28.8 Å². The first kappa shape index (κ1) is 17.5. The number of rotatable bonds is 5. The molecule has 2 aromatic rings. The van der Waals surface area contributed by atoms with Gasteiger partial charge in [0.1, 0.15) is 0 Å². The van der Waals surface area contributed by atoms with Crippen molar-refractivity contribution >= 4 is 27.3 Å². The van der Waals surface area contributed by atoms with E-state index in [1.165, 1.54) is 0 Å². The number of carbonyl (C=O) groups is 1. The van der Waals surface area contributed by atoms with Gasteiger partial charge in [-0.15, -0.1) is 0 Å². The zero-order chi connectivity index (χ0) is 18.0. The van der Waals surface area contributed by atoms with E-state index >= 15 is 0 Å². The van der Waals surface area contributed by atoms with Gasteiger partial charge < -0.3 is 4.90 Å². The Morgan fingerprint density at radius 2 is 1.92 bits per heavy atom. The molecule has 0 aromatic heterocycles. The highest BCUT2D eigenvalue weighted by molar-refractivity contribution is 7.91. The second-order valence-corrected chi connectivity index (χ2v) is 8.22. The third-order valence-electron chi connectivity index (χ3n) is 4.29. The zero-order valence-corrected chi connectivity index (χ0v) is 15.3. The molecule has 2 aromatic carbocycles. The van der Waals surface area contributed by atoms with Gasteiger partial charge in [0.2, 0.25) is 15.9 Å². The molecule has 1 aliphatic rings. The van der Waals surface area contributed by atoms with Gasteiger partial charge in [0, 0.05) is 18.7 Å². The van der Waals surface area contributed by atoms with Crippen LogP contribution >= 0.6 is 0 Å². The van der Waals surface area contributed by atoms with Crippen LogP contribution in [-0.2, 0) is 20.6 Å². The summed E-state index contributed by atoms with van der Waals surface area (Å²) < 4.78 is 27.6. The summed E-state index contributed by atoms with van der Waals surface area (Å²) in [5, 5.41) is 0. The fourth-order valence-corrected chi connectivity index (χ4v) is 4.28. The van der Waals surface area contributed by atoms with Crippen LogP contribution in [0.2, 0.25) is 0 Å². The molecule has 3 rings (SSSR count). The van der Waals surface area contributed by atoms with Gasteiger partial charge in [0.25, 0.3) is 0 Å². The molecule has 5 nitrogen and oxygen atoms in total. The predicted molar refractivity (Wildman–Crippen MR) is 100 cm³/mol. The van der Waals surface area contributed by atoms with Gasteiger partial charge >= 0.3 is 0 Å². The molecular formula is C19H22N2O3S. The van der Waals surface area contributed by atoms with Gasteiger partial charge in [0.05, 0.1) is 11.4 Å². The maximum absolute atomic E-state index is 12.5. The Labute approximate surface area is 148 Å². The van der Waals surface area contributed by atoms with Crippen LogP contribution in [0.5, 0.6) is 0 Å². The summed E-state index contributed by atoms with van der Waals surface area (Å²) in [5.74, 6) is 0.00319. The molecule has 0 aliphatic carbocycles. The monoisotopic (exact) mass is 358 g/mol. The third-order valence-corrected chi connectivity index (χ3v) is 5.55. The number of amides is 1. The van der Waals surface area contributed by atoms with Crippen LogP contribution in [0, 0.1) is 13.8 Å². The number of carbonyl (C=O) groups excluding carboxylic acids is 1. The van der Waals surface area contributed by atoms with Crippen molar-refractivity contribution in [2.45, 2.75) is 32.4 Å². The Morgan fingerprint density at radius 3 is 2.60 bits per heavy atom. The maximum atomic E-state index is 12.5. The maximum Gasteiger partial charge on any atom is 0.236 e. The van der Waals surface area contributed by atoms with Gasteiger partial charge in [0.15, 0.2) is 0 Å². The normalized spacial score (nSPS) is 14.8. The predicted octanol–water partition coefficient (Wildman–Crippen LogP) is 3.37. The van der Waals surface area contributed by atoms with Gasteiger partial charge in [-0.2, -0.15) is 0 Å². The van der Waals surface area contributed by atoms with Crippen molar-refractivity contribution in [3.8, 4) is 0 Å². The largest absolute Gasteiger partial charge is 0.312 e. The summed E-state index contributed by atoms with van der Waals surface area (Å²) in [5.41, 5.74) is 3.98. The highest BCUT2D eigenvalue weighted by Gasteiger charge is 2.23. The van der Waals surface area contributed by atoms with Crippen molar-refractivity contribution in [3.05, 3.63) is 59.2 Å². The summed E-state index contributed by atoms with van der Waals surface area (Å²) in [7, 11) is -3.52. The van der Waals surface area contributed by atoms with Gasteiger partial charge in [-0.05, 0) is 43.5 Å². The number of aryl methyl sites for hydroxylation is 2. The van der Waals surface area contributed by atoms with E-state index in [1.54, 1.807) is 23.1 Å². The minimum atomic E-state index is -3.52. The first-order chi connectivity index (χ1) is 11.8. The molecule has 1 fully saturated rings. The number of nitrogens with one attached hydrogen (secondary N) is 1. The van der Waals surface area contributed by atoms with Crippen LogP contribution in [0.15, 0.2) is 42.5 Å². The number of nitrogens with zero attached hydrogens (tertiary/aromatic N) is 1. The molecule has 0 saturated carbocycles. The lowest BCUT2D eigenvalue weighted by molar-refractivity contribution is -0.117. The molecule has 1 amide bonds. The van der Waals surface area contributed by atoms with Gasteiger partial charge in [-0.1, -0.05) is 35.9 Å². The standard InChI is InChI=1S/C19H22N2O3S/c1-14-5-3-6-16(11-14)13-25(23,24)20-17-9-8-15(2)18(12-17)21-10-4-7-19(21)22/h3,5-6,8-9,11-12,20H,4,7,10,13H2,1-2H3. The second-order valence-electron chi connectivity index (χ2n) is 6.50. The quantitative estimate of drug-likeness (QED) is 0.891. The minimum absolute atomic E-state index is 0.0828. The van der Waals surface area contributed by atoms with Crippen molar-refractivity contribution in [2.75, 3.05) is 16.2 Å². The Balaban J connectivity index is 1.81. The molecule has 0 unspecified atom stereocenters. The molecule has 132 valence electrons. The van der Waals surface area contributed by atoms with Crippen molar-refractivity contribution in [3.63, 3.8) is 0 Å². The Hall–Kier alpha value is -2.34. The molecule has 1 heterocycles. The first-order valence-corrected chi connectivity index (χ1v) is 9.96. The van der Waals surface area contributed by atoms with Crippen LogP contribution in [0.1, 0.15) is 29.5 Å². The summed E-state index contributed by atoms with van der Waals surface area (Å²) >= 11 is 0. The SMILES string of the molecule is Cc1cccc(CS(=O)(=O)Nc2ccc(C)c(N3CCCC3=O)c2)c1. The average molecular weight is 358 g/mol. The fourth-order valence-electron chi connectivity index (χ4n) is 3.10. The molecule has 1 N–H and O–H groups in total. The lowest BCUT2D eigenvalue weighted by Crippen LogP contribution is -2.24. The Kier molecular flexibility index (Phi) is 4.81. The van der Waals surface area contributed by atoms with E-state index in [0.29, 0.717) is 18.7 Å². The molecule has 0 spiro atoms. The van der Waals surface area contributed by atoms with Crippen LogP contribution < -0.4 is 9.62 Å². The van der Waals surface area contributed by atoms with Gasteiger partial charge in [-0.3, -0.25) is 9.52 Å². The molecule has 0 radical (unpaired) electrons. The summed E-state index contributed by atoms with van der Waals surface area (Å²) in [6, 6.07) is 12.8. The number of sulfonamides is 1. The van der Waals surface area contributed by atoms with E-state index in [2.05, 4.69) is 4.72 Å². The minimum Gasteiger partial charge on any atom is -0.312 e. The van der Waals surface area contributed by atoms with Crippen LogP contribution in [0.4, 0.5) is 11.4 Å². The molecule has 0 bridgehead atoms. The van der Waals surface area contributed by atoms with Crippen LogP contribution in [0.3, 0.4) is 0 Å². The average Bonchev–Trinajstić information content (AvgIpc) is 2.94. The molecular weight excluding hydrogens is 336 g/mol. The van der Waals surface area contributed by atoms with E-state index in [1.807, 2.05) is 38.1 Å². The highest BCUT2D eigenvalue weighted by atomic mass is 32.2. The molecule has 1 aliphatic heterocycles. The van der Waals surface area contributed by atoms with Gasteiger partial charge in [-0.25, -0.2) is 8.42 Å². The van der Waals surface area contributed by atoms with E-state index in [-0.39, 0.29) is 11.7 Å². The van der Waals surface area contributed by atoms with Crippen molar-refractivity contribution in [2.24, 2.45) is 0 Å². The summed E-state index contributed by atoms with van der Waals surface area (Å²) in [4.78, 5) is 13.7. The molecule has 6 heteroatoms. The number of hydrogen-bond acceptors (Lipinski definition) is 3. The zero-order valence-electron chi connectivity index (χ0n) is 14.5. The van der Waals surface area contributed by atoms with Crippen molar-refractivity contribution < 1.29 is 13.2 Å². The smallest absolute Gasteiger partial charge is 0.236 e.